The zero-order valence-corrected chi connectivity index (χ0v) is 10.3. The topological polar surface area (TPSA) is 61.8 Å². The van der Waals surface area contributed by atoms with E-state index in [0.717, 1.165) is 6.26 Å². The van der Waals surface area contributed by atoms with Gasteiger partial charge in [-0.15, -0.1) is 0 Å². The Morgan fingerprint density at radius 3 is 2.12 bits per heavy atom. The highest BCUT2D eigenvalue weighted by Crippen LogP contribution is 2.12. The molecule has 0 bridgehead atoms. The Bertz CT molecular complexity index is 285. The van der Waals surface area contributed by atoms with Crippen LogP contribution in [-0.2, 0) is 23.8 Å². The minimum absolute atomic E-state index is 0.183. The van der Waals surface area contributed by atoms with E-state index in [0.29, 0.717) is 0 Å². The maximum Gasteiger partial charge on any atom is 0.349 e. The van der Waals surface area contributed by atoms with E-state index in [2.05, 4.69) is 4.74 Å². The highest BCUT2D eigenvalue weighted by atomic mass is 16.6. The molecule has 0 N–H and O–H groups in total. The number of carbonyl (C=O) groups excluding carboxylic acids is 2. The fraction of sp³-hybridized carbons (Fsp3) is 0.636. The lowest BCUT2D eigenvalue weighted by Gasteiger charge is -2.19. The molecular formula is C11H18O5. The van der Waals surface area contributed by atoms with Gasteiger partial charge in [0.25, 0.3) is 0 Å². The van der Waals surface area contributed by atoms with E-state index < -0.39 is 17.5 Å². The molecule has 0 aromatic heterocycles. The van der Waals surface area contributed by atoms with Crippen LogP contribution in [0, 0.1) is 0 Å². The fourth-order valence-corrected chi connectivity index (χ4v) is 0.839. The van der Waals surface area contributed by atoms with Crippen molar-refractivity contribution in [3.8, 4) is 0 Å². The lowest BCUT2D eigenvalue weighted by Crippen LogP contribution is -2.28. The van der Waals surface area contributed by atoms with Crippen molar-refractivity contribution < 1.29 is 23.8 Å². The predicted molar refractivity (Wildman–Crippen MR) is 57.6 cm³/mol. The minimum Gasteiger partial charge on any atom is -0.503 e. The Balaban J connectivity index is 4.74. The van der Waals surface area contributed by atoms with Crippen molar-refractivity contribution >= 4 is 11.9 Å². The smallest absolute Gasteiger partial charge is 0.349 e. The maximum absolute atomic E-state index is 11.6. The first-order valence-electron chi connectivity index (χ1n) is 4.95. The van der Waals surface area contributed by atoms with Crippen molar-refractivity contribution in [2.45, 2.75) is 33.3 Å². The van der Waals surface area contributed by atoms with Gasteiger partial charge in [-0.05, 0) is 27.7 Å². The second kappa shape index (κ2) is 6.15. The zero-order valence-electron chi connectivity index (χ0n) is 10.3. The Morgan fingerprint density at radius 1 is 1.19 bits per heavy atom. The highest BCUT2D eigenvalue weighted by molar-refractivity contribution is 6.13. The van der Waals surface area contributed by atoms with Crippen LogP contribution in [0.5, 0.6) is 0 Å². The van der Waals surface area contributed by atoms with Gasteiger partial charge >= 0.3 is 11.9 Å². The molecule has 0 atom stereocenters. The lowest BCUT2D eigenvalue weighted by molar-refractivity contribution is -0.154. The average molecular weight is 230 g/mol. The number of carbonyl (C=O) groups is 2. The van der Waals surface area contributed by atoms with Gasteiger partial charge in [0.1, 0.15) is 11.9 Å². The molecule has 0 amide bonds. The molecule has 5 nitrogen and oxygen atoms in total. The molecule has 0 aromatic carbocycles. The van der Waals surface area contributed by atoms with Crippen molar-refractivity contribution in [3.05, 3.63) is 11.8 Å². The quantitative estimate of drug-likeness (QED) is 0.240. The first kappa shape index (κ1) is 14.5. The maximum atomic E-state index is 11.6. The van der Waals surface area contributed by atoms with Crippen molar-refractivity contribution in [1.82, 2.24) is 0 Å². The molecule has 0 saturated carbocycles. The van der Waals surface area contributed by atoms with Gasteiger partial charge in [0.05, 0.1) is 13.7 Å². The molecular weight excluding hydrogens is 212 g/mol. The van der Waals surface area contributed by atoms with Crippen LogP contribution >= 0.6 is 0 Å². The van der Waals surface area contributed by atoms with Gasteiger partial charge in [0, 0.05) is 0 Å². The molecule has 0 aliphatic carbocycles. The van der Waals surface area contributed by atoms with Crippen molar-refractivity contribution in [2.75, 3.05) is 13.7 Å². The Morgan fingerprint density at radius 2 is 1.75 bits per heavy atom. The van der Waals surface area contributed by atoms with E-state index in [-0.39, 0.29) is 12.2 Å². The van der Waals surface area contributed by atoms with E-state index in [1.165, 1.54) is 7.11 Å². The van der Waals surface area contributed by atoms with Crippen molar-refractivity contribution in [2.24, 2.45) is 0 Å². The van der Waals surface area contributed by atoms with Gasteiger partial charge in [-0.3, -0.25) is 0 Å². The third-order valence-electron chi connectivity index (χ3n) is 1.35. The Kier molecular flexibility index (Phi) is 5.56. The Hall–Kier alpha value is -1.52. The molecule has 92 valence electrons. The first-order chi connectivity index (χ1) is 7.31. The van der Waals surface area contributed by atoms with Crippen LogP contribution in [-0.4, -0.2) is 31.3 Å². The Labute approximate surface area is 95.4 Å². The fourth-order valence-electron chi connectivity index (χ4n) is 0.839. The molecule has 0 radical (unpaired) electrons. The summed E-state index contributed by atoms with van der Waals surface area (Å²) in [5.74, 6) is -1.51. The molecule has 0 aliphatic heterocycles. The summed E-state index contributed by atoms with van der Waals surface area (Å²) in [6, 6.07) is 0. The van der Waals surface area contributed by atoms with Crippen molar-refractivity contribution in [1.29, 1.82) is 0 Å². The summed E-state index contributed by atoms with van der Waals surface area (Å²) in [4.78, 5) is 23.0. The number of methoxy groups -OCH3 is 1. The number of ether oxygens (including phenoxy) is 3. The summed E-state index contributed by atoms with van der Waals surface area (Å²) >= 11 is 0. The third kappa shape index (κ3) is 5.38. The predicted octanol–water partition coefficient (Wildman–Crippen LogP) is 1.42. The van der Waals surface area contributed by atoms with Crippen LogP contribution in [0.2, 0.25) is 0 Å². The summed E-state index contributed by atoms with van der Waals surface area (Å²) in [5, 5.41) is 0. The van der Waals surface area contributed by atoms with Gasteiger partial charge in [-0.25, -0.2) is 9.59 Å². The summed E-state index contributed by atoms with van der Waals surface area (Å²) in [5.41, 5.74) is -0.921. The monoisotopic (exact) mass is 230 g/mol. The second-order valence-corrected chi connectivity index (χ2v) is 3.99. The molecule has 0 spiro atoms. The number of rotatable bonds is 4. The molecule has 0 rings (SSSR count). The minimum atomic E-state index is -0.757. The summed E-state index contributed by atoms with van der Waals surface area (Å²) in [7, 11) is 1.34. The third-order valence-corrected chi connectivity index (χ3v) is 1.35. The summed E-state index contributed by atoms with van der Waals surface area (Å²) in [6.07, 6.45) is 1.02. The normalized spacial score (nSPS) is 11.9. The van der Waals surface area contributed by atoms with Crippen LogP contribution in [0.25, 0.3) is 0 Å². The summed E-state index contributed by atoms with van der Waals surface area (Å²) < 4.78 is 14.4. The van der Waals surface area contributed by atoms with Crippen LogP contribution < -0.4 is 0 Å². The van der Waals surface area contributed by atoms with E-state index in [1.54, 1.807) is 27.7 Å². The van der Waals surface area contributed by atoms with Gasteiger partial charge < -0.3 is 14.2 Å². The zero-order chi connectivity index (χ0) is 12.8. The number of hydrogen-bond donors (Lipinski definition) is 0. The van der Waals surface area contributed by atoms with Crippen LogP contribution in [0.15, 0.2) is 11.8 Å². The molecule has 16 heavy (non-hydrogen) atoms. The second-order valence-electron chi connectivity index (χ2n) is 3.99. The molecule has 0 aliphatic rings. The summed E-state index contributed by atoms with van der Waals surface area (Å²) in [6.45, 7) is 6.96. The van der Waals surface area contributed by atoms with Crippen LogP contribution in [0.4, 0.5) is 0 Å². The largest absolute Gasteiger partial charge is 0.503 e. The average Bonchev–Trinajstić information content (AvgIpc) is 2.11. The van der Waals surface area contributed by atoms with Crippen LogP contribution in [0.1, 0.15) is 27.7 Å². The first-order valence-corrected chi connectivity index (χ1v) is 4.95. The molecule has 0 unspecified atom stereocenters. The molecule has 0 fully saturated rings. The molecule has 0 aromatic rings. The van der Waals surface area contributed by atoms with Crippen molar-refractivity contribution in [3.63, 3.8) is 0 Å². The van der Waals surface area contributed by atoms with Gasteiger partial charge in [0.15, 0.2) is 5.57 Å². The molecule has 5 heteroatoms. The van der Waals surface area contributed by atoms with E-state index in [1.807, 2.05) is 0 Å². The van der Waals surface area contributed by atoms with Gasteiger partial charge in [-0.2, -0.15) is 0 Å². The van der Waals surface area contributed by atoms with Gasteiger partial charge in [0.2, 0.25) is 0 Å². The molecule has 0 heterocycles. The highest BCUT2D eigenvalue weighted by Gasteiger charge is 2.26. The van der Waals surface area contributed by atoms with Crippen LogP contribution in [0.3, 0.4) is 0 Å². The van der Waals surface area contributed by atoms with Gasteiger partial charge in [-0.1, -0.05) is 0 Å². The SMILES string of the molecule is CCOC(=O)/C(=C\OC)C(=O)OC(C)(C)C. The van der Waals surface area contributed by atoms with E-state index in [9.17, 15) is 9.59 Å². The number of hydrogen-bond acceptors (Lipinski definition) is 5. The van der Waals surface area contributed by atoms with E-state index >= 15 is 0 Å². The lowest BCUT2D eigenvalue weighted by atomic mass is 10.2. The van der Waals surface area contributed by atoms with E-state index in [4.69, 9.17) is 9.47 Å². The number of esters is 2. The molecule has 0 saturated heterocycles. The standard InChI is InChI=1S/C11H18O5/c1-6-15-9(12)8(7-14-5)10(13)16-11(2,3)4/h7H,6H2,1-5H3/b8-7+.